The first-order valence-electron chi connectivity index (χ1n) is 8.23. The summed E-state index contributed by atoms with van der Waals surface area (Å²) in [7, 11) is 1.15. The van der Waals surface area contributed by atoms with Gasteiger partial charge >= 0.3 is 6.03 Å². The maximum Gasteiger partial charge on any atom is 0.344 e. The molecule has 6 atom stereocenters. The molecule has 0 aliphatic carbocycles. The van der Waals surface area contributed by atoms with Gasteiger partial charge in [0.05, 0.1) is 11.8 Å². The first kappa shape index (κ1) is 23.0. The number of halogens is 1. The van der Waals surface area contributed by atoms with Crippen molar-refractivity contribution in [3.63, 3.8) is 0 Å². The number of rotatable bonds is 9. The lowest BCUT2D eigenvalue weighted by Gasteiger charge is -2.43. The Morgan fingerprint density at radius 2 is 1.96 bits per heavy atom. The molecule has 1 unspecified atom stereocenters. The number of hydrogen-bond acceptors (Lipinski definition) is 9. The van der Waals surface area contributed by atoms with Crippen LogP contribution < -0.4 is 0 Å². The predicted octanol–water partition coefficient (Wildman–Crippen LogP) is -0.797. The van der Waals surface area contributed by atoms with E-state index in [2.05, 4.69) is 5.29 Å². The third-order valence-electron chi connectivity index (χ3n) is 3.99. The van der Waals surface area contributed by atoms with Crippen molar-refractivity contribution in [3.05, 3.63) is 4.91 Å². The second kappa shape index (κ2) is 10.9. The third-order valence-corrected chi connectivity index (χ3v) is 4.16. The number of carbonyl (C=O) groups is 1. The Morgan fingerprint density at radius 3 is 2.50 bits per heavy atom. The summed E-state index contributed by atoms with van der Waals surface area (Å²) in [4.78, 5) is 23.6. The van der Waals surface area contributed by atoms with Gasteiger partial charge < -0.3 is 29.9 Å². The molecule has 1 rings (SSSR count). The average molecular weight is 400 g/mol. The number of nitrogens with zero attached hydrogens (tertiary/aromatic N) is 3. The van der Waals surface area contributed by atoms with E-state index in [1.807, 2.05) is 6.92 Å². The quantitative estimate of drug-likeness (QED) is 0.129. The Kier molecular flexibility index (Phi) is 9.64. The van der Waals surface area contributed by atoms with Crippen molar-refractivity contribution >= 4 is 17.6 Å². The molecular weight excluding hydrogens is 374 g/mol. The normalized spacial score (nSPS) is 29.9. The first-order chi connectivity index (χ1) is 12.3. The van der Waals surface area contributed by atoms with Crippen molar-refractivity contribution in [2.24, 2.45) is 5.29 Å². The maximum absolute atomic E-state index is 12.2. The summed E-state index contributed by atoms with van der Waals surface area (Å²) in [5.74, 6) is -0.0534. The Balaban J connectivity index is 2.85. The minimum atomic E-state index is -1.75. The highest BCUT2D eigenvalue weighted by atomic mass is 35.5. The van der Waals surface area contributed by atoms with Crippen molar-refractivity contribution in [3.8, 4) is 0 Å². The molecule has 1 saturated heterocycles. The fourth-order valence-corrected chi connectivity index (χ4v) is 2.53. The SMILES string of the molecule is CCCCO[C@@H]1O[C@H](C(O)N(C)C(=O)N(CCCl)N=O)[C@@H](O)[C@H](O)[C@H]1O. The highest BCUT2D eigenvalue weighted by molar-refractivity contribution is 6.18. The van der Waals surface area contributed by atoms with E-state index in [-0.39, 0.29) is 19.0 Å². The summed E-state index contributed by atoms with van der Waals surface area (Å²) in [5.41, 5.74) is 0. The predicted molar refractivity (Wildman–Crippen MR) is 89.9 cm³/mol. The van der Waals surface area contributed by atoms with Crippen molar-refractivity contribution in [2.75, 3.05) is 26.1 Å². The van der Waals surface area contributed by atoms with Crippen LogP contribution in [-0.4, -0.2) is 99.4 Å². The van der Waals surface area contributed by atoms with E-state index in [9.17, 15) is 30.1 Å². The fraction of sp³-hybridized carbons (Fsp3) is 0.929. The summed E-state index contributed by atoms with van der Waals surface area (Å²) in [6, 6.07) is -0.979. The molecule has 1 aliphatic rings. The summed E-state index contributed by atoms with van der Waals surface area (Å²) < 4.78 is 10.7. The van der Waals surface area contributed by atoms with Crippen LogP contribution in [0.15, 0.2) is 5.29 Å². The molecule has 2 amide bonds. The monoisotopic (exact) mass is 399 g/mol. The summed E-state index contributed by atoms with van der Waals surface area (Å²) in [5, 5.41) is 43.4. The molecule has 0 radical (unpaired) electrons. The number of amides is 2. The van der Waals surface area contributed by atoms with E-state index in [0.29, 0.717) is 16.3 Å². The van der Waals surface area contributed by atoms with Gasteiger partial charge in [0.25, 0.3) is 0 Å². The average Bonchev–Trinajstić information content (AvgIpc) is 2.64. The zero-order chi connectivity index (χ0) is 19.9. The summed E-state index contributed by atoms with van der Waals surface area (Å²) in [6.07, 6.45) is -7.94. The largest absolute Gasteiger partial charge is 0.387 e. The van der Waals surface area contributed by atoms with Crippen LogP contribution >= 0.6 is 11.6 Å². The lowest BCUT2D eigenvalue weighted by Crippen LogP contribution is -2.64. The molecule has 152 valence electrons. The van der Waals surface area contributed by atoms with Gasteiger partial charge in [-0.25, -0.2) is 4.79 Å². The van der Waals surface area contributed by atoms with Crippen molar-refractivity contribution in [1.82, 2.24) is 9.91 Å². The van der Waals surface area contributed by atoms with E-state index >= 15 is 0 Å². The second-order valence-electron chi connectivity index (χ2n) is 5.87. The lowest BCUT2D eigenvalue weighted by molar-refractivity contribution is -0.317. The molecule has 1 fully saturated rings. The van der Waals surface area contributed by atoms with E-state index in [4.69, 9.17) is 21.1 Å². The van der Waals surface area contributed by atoms with Crippen molar-refractivity contribution in [2.45, 2.75) is 56.7 Å². The van der Waals surface area contributed by atoms with Gasteiger partial charge in [-0.15, -0.1) is 16.5 Å². The van der Waals surface area contributed by atoms with Gasteiger partial charge in [0.2, 0.25) is 0 Å². The van der Waals surface area contributed by atoms with E-state index in [0.717, 1.165) is 13.5 Å². The highest BCUT2D eigenvalue weighted by Crippen LogP contribution is 2.25. The molecule has 0 aromatic carbocycles. The summed E-state index contributed by atoms with van der Waals surface area (Å²) >= 11 is 5.47. The highest BCUT2D eigenvalue weighted by Gasteiger charge is 2.48. The smallest absolute Gasteiger partial charge is 0.344 e. The number of hydrogen-bond donors (Lipinski definition) is 4. The third kappa shape index (κ3) is 5.46. The Bertz CT molecular complexity index is 460. The minimum Gasteiger partial charge on any atom is -0.387 e. The molecule has 26 heavy (non-hydrogen) atoms. The van der Waals surface area contributed by atoms with Gasteiger partial charge in [0, 0.05) is 19.5 Å². The minimum absolute atomic E-state index is 0.0534. The molecule has 4 N–H and O–H groups in total. The number of alkyl halides is 1. The zero-order valence-corrected chi connectivity index (χ0v) is 15.4. The van der Waals surface area contributed by atoms with Crippen LogP contribution in [0.5, 0.6) is 0 Å². The number of carbonyl (C=O) groups excluding carboxylic acids is 1. The zero-order valence-electron chi connectivity index (χ0n) is 14.6. The van der Waals surface area contributed by atoms with Crippen LogP contribution in [0.2, 0.25) is 0 Å². The van der Waals surface area contributed by atoms with E-state index in [1.165, 1.54) is 0 Å². The Labute approximate surface area is 156 Å². The number of ether oxygens (including phenoxy) is 2. The molecule has 0 spiro atoms. The van der Waals surface area contributed by atoms with Crippen molar-refractivity contribution < 1.29 is 34.7 Å². The second-order valence-corrected chi connectivity index (χ2v) is 6.24. The molecule has 0 saturated carbocycles. The van der Waals surface area contributed by atoms with Gasteiger partial charge in [-0.2, -0.15) is 5.01 Å². The Morgan fingerprint density at radius 1 is 1.31 bits per heavy atom. The van der Waals surface area contributed by atoms with E-state index in [1.54, 1.807) is 0 Å². The van der Waals surface area contributed by atoms with Crippen LogP contribution in [0.1, 0.15) is 19.8 Å². The molecule has 0 aromatic heterocycles. The molecular formula is C14H26ClN3O8. The van der Waals surface area contributed by atoms with Gasteiger partial charge in [-0.1, -0.05) is 13.3 Å². The molecule has 1 heterocycles. The fourth-order valence-electron chi connectivity index (χ4n) is 2.37. The number of aliphatic hydroxyl groups excluding tert-OH is 4. The number of likely N-dealkylation sites (N-methyl/N-ethyl adjacent to an activating group) is 1. The van der Waals surface area contributed by atoms with Crippen LogP contribution in [0.4, 0.5) is 4.79 Å². The molecule has 0 bridgehead atoms. The lowest BCUT2D eigenvalue weighted by atomic mass is 9.97. The number of unbranched alkanes of at least 4 members (excludes halogenated alkanes) is 1. The summed E-state index contributed by atoms with van der Waals surface area (Å²) in [6.45, 7) is 1.98. The molecule has 0 aromatic rings. The molecule has 1 aliphatic heterocycles. The van der Waals surface area contributed by atoms with Crippen LogP contribution in [0.25, 0.3) is 0 Å². The molecule has 12 heteroatoms. The molecule has 11 nitrogen and oxygen atoms in total. The van der Waals surface area contributed by atoms with Gasteiger partial charge in [0.1, 0.15) is 24.4 Å². The van der Waals surface area contributed by atoms with Gasteiger partial charge in [-0.3, -0.25) is 4.90 Å². The van der Waals surface area contributed by atoms with Crippen molar-refractivity contribution in [1.29, 1.82) is 0 Å². The Hall–Kier alpha value is -1.08. The number of urea groups is 1. The van der Waals surface area contributed by atoms with Crippen LogP contribution in [-0.2, 0) is 9.47 Å². The van der Waals surface area contributed by atoms with Gasteiger partial charge in [-0.05, 0) is 6.42 Å². The topological polar surface area (TPSA) is 152 Å². The van der Waals surface area contributed by atoms with Crippen LogP contribution in [0, 0.1) is 4.91 Å². The van der Waals surface area contributed by atoms with Gasteiger partial charge in [0.15, 0.2) is 12.5 Å². The van der Waals surface area contributed by atoms with Crippen LogP contribution in [0.3, 0.4) is 0 Å². The van der Waals surface area contributed by atoms with E-state index < -0.39 is 43.0 Å². The maximum atomic E-state index is 12.2. The standard InChI is InChI=1S/C14H26ClN3O8/c1-3-4-7-25-13-10(21)8(19)9(20)11(26-13)12(22)17(2)14(23)18(16-24)6-5-15/h8-13,19-22H,3-7H2,1-2H3/t8-,9-,10+,11-,12?,13+/m0/s1. The number of aliphatic hydroxyl groups is 4. The first-order valence-corrected chi connectivity index (χ1v) is 8.76. The number of nitroso groups, excluding NO2 is 1.